The predicted molar refractivity (Wildman–Crippen MR) is 69.8 cm³/mol. The summed E-state index contributed by atoms with van der Waals surface area (Å²) in [7, 11) is 1.99. The first-order valence-corrected chi connectivity index (χ1v) is 7.02. The lowest BCUT2D eigenvalue weighted by Crippen LogP contribution is -2.57. The van der Waals surface area contributed by atoms with Gasteiger partial charge in [0.15, 0.2) is 0 Å². The van der Waals surface area contributed by atoms with Crippen LogP contribution in [0.2, 0.25) is 0 Å². The monoisotopic (exact) mass is 238 g/mol. The topological polar surface area (TPSA) is 32.3 Å². The second kappa shape index (κ2) is 4.97. The number of nitrogens with one attached hydrogen (secondary N) is 1. The van der Waals surface area contributed by atoms with E-state index < -0.39 is 0 Å². The molecule has 17 heavy (non-hydrogen) atoms. The van der Waals surface area contributed by atoms with Gasteiger partial charge in [-0.15, -0.1) is 0 Å². The van der Waals surface area contributed by atoms with E-state index in [2.05, 4.69) is 19.2 Å². The molecule has 1 saturated carbocycles. The second-order valence-corrected chi connectivity index (χ2v) is 6.37. The maximum absolute atomic E-state index is 12.6. The highest BCUT2D eigenvalue weighted by Crippen LogP contribution is 2.32. The molecule has 1 saturated heterocycles. The number of piperidine rings is 1. The van der Waals surface area contributed by atoms with E-state index in [1.54, 1.807) is 0 Å². The predicted octanol–water partition coefficient (Wildman–Crippen LogP) is 2.17. The molecule has 1 aliphatic heterocycles. The lowest BCUT2D eigenvalue weighted by molar-refractivity contribution is -0.138. The van der Waals surface area contributed by atoms with E-state index in [0.717, 1.165) is 13.0 Å². The Morgan fingerprint density at radius 3 is 2.47 bits per heavy atom. The Morgan fingerprint density at radius 1 is 1.24 bits per heavy atom. The average Bonchev–Trinajstić information content (AvgIpc) is 2.80. The van der Waals surface area contributed by atoms with Crippen LogP contribution in [-0.2, 0) is 4.79 Å². The smallest absolute Gasteiger partial charge is 0.240 e. The van der Waals surface area contributed by atoms with E-state index in [-0.39, 0.29) is 11.5 Å². The highest BCUT2D eigenvalue weighted by molar-refractivity contribution is 5.83. The first-order chi connectivity index (χ1) is 8.02. The Labute approximate surface area is 105 Å². The van der Waals surface area contributed by atoms with Crippen LogP contribution in [-0.4, -0.2) is 36.5 Å². The van der Waals surface area contributed by atoms with Gasteiger partial charge in [-0.25, -0.2) is 0 Å². The Morgan fingerprint density at radius 2 is 1.88 bits per heavy atom. The van der Waals surface area contributed by atoms with Crippen molar-refractivity contribution >= 4 is 5.91 Å². The maximum atomic E-state index is 12.6. The third kappa shape index (κ3) is 2.65. The van der Waals surface area contributed by atoms with Crippen molar-refractivity contribution in [1.29, 1.82) is 0 Å². The molecule has 0 aromatic carbocycles. The number of hydrogen-bond donors (Lipinski definition) is 1. The number of carbonyl (C=O) groups excluding carboxylic acids is 1. The third-order valence-electron chi connectivity index (χ3n) is 4.59. The Kier molecular flexibility index (Phi) is 3.76. The first-order valence-electron chi connectivity index (χ1n) is 7.02. The minimum atomic E-state index is 0.0156. The van der Waals surface area contributed by atoms with Gasteiger partial charge < -0.3 is 10.2 Å². The molecule has 0 spiro atoms. The Hall–Kier alpha value is -0.570. The fourth-order valence-electron chi connectivity index (χ4n) is 3.31. The van der Waals surface area contributed by atoms with Crippen LogP contribution in [0.15, 0.2) is 0 Å². The van der Waals surface area contributed by atoms with E-state index >= 15 is 0 Å². The standard InChI is InChI=1S/C14H26N2O/c1-14(2)9-6-10-15-12(14)13(17)16(3)11-7-4-5-8-11/h11-12,15H,4-10H2,1-3H3. The Bertz CT molecular complexity index is 282. The van der Waals surface area contributed by atoms with E-state index in [9.17, 15) is 4.79 Å². The van der Waals surface area contributed by atoms with Gasteiger partial charge in [-0.3, -0.25) is 4.79 Å². The molecule has 1 unspecified atom stereocenters. The highest BCUT2D eigenvalue weighted by atomic mass is 16.2. The van der Waals surface area contributed by atoms with Crippen molar-refractivity contribution in [3.8, 4) is 0 Å². The van der Waals surface area contributed by atoms with Crippen LogP contribution in [0.3, 0.4) is 0 Å². The summed E-state index contributed by atoms with van der Waals surface area (Å²) >= 11 is 0. The highest BCUT2D eigenvalue weighted by Gasteiger charge is 2.39. The third-order valence-corrected chi connectivity index (χ3v) is 4.59. The molecule has 2 rings (SSSR count). The summed E-state index contributed by atoms with van der Waals surface area (Å²) in [6.07, 6.45) is 7.27. The van der Waals surface area contributed by atoms with Crippen molar-refractivity contribution < 1.29 is 4.79 Å². The molecule has 1 amide bonds. The van der Waals surface area contributed by atoms with Crippen LogP contribution >= 0.6 is 0 Å². The molecule has 3 nitrogen and oxygen atoms in total. The number of hydrogen-bond acceptors (Lipinski definition) is 2. The van der Waals surface area contributed by atoms with Gasteiger partial charge in [0.2, 0.25) is 5.91 Å². The zero-order valence-corrected chi connectivity index (χ0v) is 11.5. The van der Waals surface area contributed by atoms with E-state index in [4.69, 9.17) is 0 Å². The SMILES string of the molecule is CN(C(=O)C1NCCCC1(C)C)C1CCCC1. The van der Waals surface area contributed by atoms with Gasteiger partial charge in [0, 0.05) is 13.1 Å². The average molecular weight is 238 g/mol. The molecule has 0 aromatic heterocycles. The molecule has 3 heteroatoms. The zero-order valence-electron chi connectivity index (χ0n) is 11.5. The van der Waals surface area contributed by atoms with Gasteiger partial charge >= 0.3 is 0 Å². The summed E-state index contributed by atoms with van der Waals surface area (Å²) in [6, 6.07) is 0.504. The van der Waals surface area contributed by atoms with Crippen molar-refractivity contribution in [3.63, 3.8) is 0 Å². The number of rotatable bonds is 2. The number of carbonyl (C=O) groups is 1. The van der Waals surface area contributed by atoms with Crippen LogP contribution < -0.4 is 5.32 Å². The minimum absolute atomic E-state index is 0.0156. The molecule has 0 bridgehead atoms. The summed E-state index contributed by atoms with van der Waals surface area (Å²) in [5.74, 6) is 0.307. The van der Waals surface area contributed by atoms with Crippen molar-refractivity contribution in [2.75, 3.05) is 13.6 Å². The van der Waals surface area contributed by atoms with Crippen LogP contribution in [0.25, 0.3) is 0 Å². The van der Waals surface area contributed by atoms with Crippen molar-refractivity contribution in [3.05, 3.63) is 0 Å². The van der Waals surface area contributed by atoms with E-state index in [1.165, 1.54) is 32.1 Å². The molecular weight excluding hydrogens is 212 g/mol. The van der Waals surface area contributed by atoms with Crippen LogP contribution in [0.5, 0.6) is 0 Å². The van der Waals surface area contributed by atoms with Crippen molar-refractivity contribution in [2.24, 2.45) is 5.41 Å². The second-order valence-electron chi connectivity index (χ2n) is 6.37. The molecule has 2 aliphatic rings. The van der Waals surface area contributed by atoms with Gasteiger partial charge in [-0.1, -0.05) is 26.7 Å². The summed E-state index contributed by atoms with van der Waals surface area (Å²) in [5.41, 5.74) is 0.0994. The minimum Gasteiger partial charge on any atom is -0.341 e. The first kappa shape index (κ1) is 12.9. The number of amides is 1. The van der Waals surface area contributed by atoms with Crippen molar-refractivity contribution in [2.45, 2.75) is 64.5 Å². The normalized spacial score (nSPS) is 29.2. The summed E-state index contributed by atoms with van der Waals surface area (Å²) in [6.45, 7) is 5.41. The summed E-state index contributed by atoms with van der Waals surface area (Å²) in [4.78, 5) is 14.6. The van der Waals surface area contributed by atoms with Gasteiger partial charge in [-0.2, -0.15) is 0 Å². The van der Waals surface area contributed by atoms with Gasteiger partial charge in [0.25, 0.3) is 0 Å². The Balaban J connectivity index is 2.02. The molecule has 0 aromatic rings. The molecular formula is C14H26N2O. The summed E-state index contributed by atoms with van der Waals surface area (Å²) < 4.78 is 0. The van der Waals surface area contributed by atoms with Crippen LogP contribution in [0.4, 0.5) is 0 Å². The molecule has 1 aliphatic carbocycles. The van der Waals surface area contributed by atoms with E-state index in [0.29, 0.717) is 11.9 Å². The quantitative estimate of drug-likeness (QED) is 0.799. The molecule has 1 heterocycles. The largest absolute Gasteiger partial charge is 0.341 e. The lowest BCUT2D eigenvalue weighted by atomic mass is 9.77. The maximum Gasteiger partial charge on any atom is 0.240 e. The van der Waals surface area contributed by atoms with Gasteiger partial charge in [0.05, 0.1) is 6.04 Å². The lowest BCUT2D eigenvalue weighted by Gasteiger charge is -2.41. The van der Waals surface area contributed by atoms with Gasteiger partial charge in [0.1, 0.15) is 0 Å². The molecule has 0 radical (unpaired) electrons. The van der Waals surface area contributed by atoms with Crippen LogP contribution in [0.1, 0.15) is 52.4 Å². The molecule has 1 atom stereocenters. The zero-order chi connectivity index (χ0) is 12.5. The molecule has 1 N–H and O–H groups in total. The number of likely N-dealkylation sites (N-methyl/N-ethyl adjacent to an activating group) is 1. The van der Waals surface area contributed by atoms with Gasteiger partial charge in [-0.05, 0) is 37.6 Å². The fourth-order valence-corrected chi connectivity index (χ4v) is 3.31. The fraction of sp³-hybridized carbons (Fsp3) is 0.929. The molecule has 2 fully saturated rings. The van der Waals surface area contributed by atoms with Crippen LogP contribution in [0, 0.1) is 5.41 Å². The number of nitrogens with zero attached hydrogens (tertiary/aromatic N) is 1. The molecule has 98 valence electrons. The van der Waals surface area contributed by atoms with Crippen molar-refractivity contribution in [1.82, 2.24) is 10.2 Å². The summed E-state index contributed by atoms with van der Waals surface area (Å²) in [5, 5.41) is 3.42. The van der Waals surface area contributed by atoms with E-state index in [1.807, 2.05) is 11.9 Å².